The molecule has 0 saturated heterocycles. The topological polar surface area (TPSA) is 94.3 Å². The lowest BCUT2D eigenvalue weighted by atomic mass is 10.0. The lowest BCUT2D eigenvalue weighted by Crippen LogP contribution is -2.30. The summed E-state index contributed by atoms with van der Waals surface area (Å²) in [6.45, 7) is 3.80. The molecule has 1 heterocycles. The highest BCUT2D eigenvalue weighted by Gasteiger charge is 2.27. The molecule has 0 spiro atoms. The Morgan fingerprint density at radius 1 is 0.909 bits per heavy atom. The van der Waals surface area contributed by atoms with Crippen LogP contribution in [-0.4, -0.2) is 17.6 Å². The van der Waals surface area contributed by atoms with Gasteiger partial charge in [-0.15, -0.1) is 0 Å². The largest absolute Gasteiger partial charge is 0.345 e. The van der Waals surface area contributed by atoms with E-state index in [1.54, 1.807) is 30.3 Å². The van der Waals surface area contributed by atoms with Gasteiger partial charge in [-0.2, -0.15) is 5.26 Å². The lowest BCUT2D eigenvalue weighted by Gasteiger charge is -2.14. The van der Waals surface area contributed by atoms with Crippen molar-refractivity contribution in [2.24, 2.45) is 4.99 Å². The zero-order valence-corrected chi connectivity index (χ0v) is 18.3. The Hall–Kier alpha value is -4.50. The second-order valence-corrected chi connectivity index (χ2v) is 7.77. The van der Waals surface area contributed by atoms with Crippen molar-refractivity contribution in [1.29, 1.82) is 5.26 Å². The minimum Gasteiger partial charge on any atom is -0.345 e. The summed E-state index contributed by atoms with van der Waals surface area (Å²) in [5, 5.41) is 15.5. The number of amides is 2. The second-order valence-electron chi connectivity index (χ2n) is 7.77. The first-order valence-corrected chi connectivity index (χ1v) is 10.5. The van der Waals surface area contributed by atoms with Gasteiger partial charge in [-0.1, -0.05) is 72.3 Å². The molecule has 0 fully saturated rings. The van der Waals surface area contributed by atoms with Crippen LogP contribution in [0.2, 0.25) is 0 Å². The van der Waals surface area contributed by atoms with Crippen LogP contribution in [0.1, 0.15) is 45.6 Å². The molecule has 1 aliphatic heterocycles. The first-order chi connectivity index (χ1) is 16.0. The van der Waals surface area contributed by atoms with Gasteiger partial charge >= 0.3 is 0 Å². The number of fused-ring (bicyclic) bond motifs is 1. The lowest BCUT2D eigenvalue weighted by molar-refractivity contribution is -0.117. The Morgan fingerprint density at radius 2 is 1.55 bits per heavy atom. The summed E-state index contributed by atoms with van der Waals surface area (Å²) in [6, 6.07) is 25.6. The molecule has 1 atom stereocenters. The van der Waals surface area contributed by atoms with Crippen molar-refractivity contribution >= 4 is 23.3 Å². The highest BCUT2D eigenvalue weighted by atomic mass is 16.2. The standard InChI is InChI=1S/C27H22N4O2/c1-17-12-14-20(15-13-17)26(32)31-25-22-11-7-6-10-21(22)24(30-25)23(16-28)27(33)29-18(2)19-8-4-3-5-9-19/h3-15,18H,1-2H3,(H,29,33)(H,30,31,32)/b24-23+/t18-/m0/s1. The highest BCUT2D eigenvalue weighted by Crippen LogP contribution is 2.31. The van der Waals surface area contributed by atoms with E-state index in [1.165, 1.54) is 0 Å². The van der Waals surface area contributed by atoms with Crippen molar-refractivity contribution in [1.82, 2.24) is 10.6 Å². The van der Waals surface area contributed by atoms with Crippen LogP contribution in [0.15, 0.2) is 89.4 Å². The average molecular weight is 434 g/mol. The number of rotatable bonds is 4. The summed E-state index contributed by atoms with van der Waals surface area (Å²) >= 11 is 0. The van der Waals surface area contributed by atoms with Crippen molar-refractivity contribution in [2.45, 2.75) is 19.9 Å². The zero-order chi connectivity index (χ0) is 23.4. The SMILES string of the molecule is Cc1ccc(C(=O)NC2=N/C(=C(\C#N)C(=O)N[C@@H](C)c3ccccc3)c3ccccc32)cc1. The Bertz CT molecular complexity index is 1320. The van der Waals surface area contributed by atoms with E-state index >= 15 is 0 Å². The molecule has 162 valence electrons. The molecule has 3 aromatic carbocycles. The van der Waals surface area contributed by atoms with Crippen LogP contribution in [0, 0.1) is 18.3 Å². The summed E-state index contributed by atoms with van der Waals surface area (Å²) in [6.07, 6.45) is 0. The average Bonchev–Trinajstić information content (AvgIpc) is 3.18. The molecule has 2 N–H and O–H groups in total. The summed E-state index contributed by atoms with van der Waals surface area (Å²) in [7, 11) is 0. The van der Waals surface area contributed by atoms with Gasteiger partial charge in [0.05, 0.1) is 11.7 Å². The number of aryl methyl sites for hydroxylation is 1. The number of carbonyl (C=O) groups excluding carboxylic acids is 2. The zero-order valence-electron chi connectivity index (χ0n) is 18.3. The summed E-state index contributed by atoms with van der Waals surface area (Å²) < 4.78 is 0. The molecule has 2 amide bonds. The Kier molecular flexibility index (Phi) is 6.14. The molecule has 0 aromatic heterocycles. The molecule has 6 heteroatoms. The van der Waals surface area contributed by atoms with Gasteiger partial charge in [-0.25, -0.2) is 4.99 Å². The summed E-state index contributed by atoms with van der Waals surface area (Å²) in [5.41, 5.74) is 3.88. The molecule has 0 unspecified atom stereocenters. The van der Waals surface area contributed by atoms with Crippen LogP contribution in [0.5, 0.6) is 0 Å². The van der Waals surface area contributed by atoms with Gasteiger partial charge in [0.1, 0.15) is 17.5 Å². The van der Waals surface area contributed by atoms with E-state index < -0.39 is 5.91 Å². The molecule has 33 heavy (non-hydrogen) atoms. The number of nitrogens with zero attached hydrogens (tertiary/aromatic N) is 2. The number of hydrogen-bond donors (Lipinski definition) is 2. The predicted octanol–water partition coefficient (Wildman–Crippen LogP) is 4.30. The van der Waals surface area contributed by atoms with Crippen LogP contribution < -0.4 is 10.6 Å². The van der Waals surface area contributed by atoms with Gasteiger partial charge in [0.2, 0.25) is 0 Å². The number of benzene rings is 3. The number of carbonyl (C=O) groups is 2. The third-order valence-electron chi connectivity index (χ3n) is 5.43. The Labute approximate surface area is 192 Å². The molecule has 6 nitrogen and oxygen atoms in total. The first kappa shape index (κ1) is 21.7. The van der Waals surface area contributed by atoms with Gasteiger partial charge in [-0.05, 0) is 31.5 Å². The fourth-order valence-corrected chi connectivity index (χ4v) is 3.60. The van der Waals surface area contributed by atoms with Gasteiger partial charge in [0, 0.05) is 16.7 Å². The van der Waals surface area contributed by atoms with Gasteiger partial charge in [0.25, 0.3) is 11.8 Å². The van der Waals surface area contributed by atoms with Crippen molar-refractivity contribution < 1.29 is 9.59 Å². The van der Waals surface area contributed by atoms with E-state index in [2.05, 4.69) is 15.6 Å². The third kappa shape index (κ3) is 4.58. The molecule has 0 saturated carbocycles. The molecule has 4 rings (SSSR count). The van der Waals surface area contributed by atoms with Gasteiger partial charge in [-0.3, -0.25) is 9.59 Å². The highest BCUT2D eigenvalue weighted by molar-refractivity contribution is 6.20. The van der Waals surface area contributed by atoms with Crippen LogP contribution >= 0.6 is 0 Å². The third-order valence-corrected chi connectivity index (χ3v) is 5.43. The van der Waals surface area contributed by atoms with E-state index in [4.69, 9.17) is 0 Å². The minimum atomic E-state index is -0.520. The molecular weight excluding hydrogens is 412 g/mol. The van der Waals surface area contributed by atoms with E-state index in [-0.39, 0.29) is 23.2 Å². The molecule has 0 radical (unpaired) electrons. The maximum absolute atomic E-state index is 13.0. The Morgan fingerprint density at radius 3 is 2.21 bits per heavy atom. The van der Waals surface area contributed by atoms with E-state index in [9.17, 15) is 14.9 Å². The number of aliphatic imine (C=N–C) groups is 1. The Balaban J connectivity index is 1.65. The van der Waals surface area contributed by atoms with Crippen molar-refractivity contribution in [3.05, 3.63) is 112 Å². The van der Waals surface area contributed by atoms with E-state index in [0.29, 0.717) is 22.5 Å². The van der Waals surface area contributed by atoms with Crippen LogP contribution in [0.25, 0.3) is 5.70 Å². The number of hydrogen-bond acceptors (Lipinski definition) is 4. The number of nitriles is 1. The maximum atomic E-state index is 13.0. The minimum absolute atomic E-state index is 0.107. The van der Waals surface area contributed by atoms with E-state index in [0.717, 1.165) is 11.1 Å². The summed E-state index contributed by atoms with van der Waals surface area (Å²) in [4.78, 5) is 30.2. The fourth-order valence-electron chi connectivity index (χ4n) is 3.60. The number of nitrogens with one attached hydrogen (secondary N) is 2. The van der Waals surface area contributed by atoms with Crippen LogP contribution in [0.3, 0.4) is 0 Å². The molecular formula is C27H22N4O2. The maximum Gasteiger partial charge on any atom is 0.264 e. The normalized spacial score (nSPS) is 14.4. The summed E-state index contributed by atoms with van der Waals surface area (Å²) in [5.74, 6) is -0.526. The number of amidine groups is 1. The first-order valence-electron chi connectivity index (χ1n) is 10.5. The quantitative estimate of drug-likeness (QED) is 0.474. The molecule has 0 aliphatic carbocycles. The van der Waals surface area contributed by atoms with Crippen molar-refractivity contribution in [3.63, 3.8) is 0 Å². The molecule has 3 aromatic rings. The van der Waals surface area contributed by atoms with Crippen molar-refractivity contribution in [2.75, 3.05) is 0 Å². The van der Waals surface area contributed by atoms with Gasteiger partial charge in [0.15, 0.2) is 0 Å². The van der Waals surface area contributed by atoms with Crippen molar-refractivity contribution in [3.8, 4) is 6.07 Å². The molecule has 1 aliphatic rings. The molecule has 0 bridgehead atoms. The van der Waals surface area contributed by atoms with Crippen LogP contribution in [-0.2, 0) is 4.79 Å². The predicted molar refractivity (Wildman–Crippen MR) is 127 cm³/mol. The van der Waals surface area contributed by atoms with Crippen LogP contribution in [0.4, 0.5) is 0 Å². The monoisotopic (exact) mass is 434 g/mol. The second kappa shape index (κ2) is 9.33. The fraction of sp³-hybridized carbons (Fsp3) is 0.111. The smallest absolute Gasteiger partial charge is 0.264 e. The van der Waals surface area contributed by atoms with E-state index in [1.807, 2.05) is 68.4 Å². The van der Waals surface area contributed by atoms with Gasteiger partial charge < -0.3 is 10.6 Å².